The molecule has 0 saturated heterocycles. The van der Waals surface area contributed by atoms with Gasteiger partial charge in [-0.25, -0.2) is 0 Å². The second kappa shape index (κ2) is 4.48. The second-order valence-corrected chi connectivity index (χ2v) is 5.68. The van der Waals surface area contributed by atoms with Crippen molar-refractivity contribution >= 4 is 11.5 Å². The molecule has 0 atom stereocenters. The largest absolute Gasteiger partial charge is 0.326 e. The maximum absolute atomic E-state index is 4.84. The summed E-state index contributed by atoms with van der Waals surface area (Å²) < 4.78 is 0. The molecule has 0 bridgehead atoms. The standard InChI is InChI=1S/C18H18N2/c1-13-7-8-14-12-15-5-2-3-6-17(15)20-10-4-9-19-18(20)16(14)11-13/h2-3,5-8,11H,4,9-10,12H2,1H3. The van der Waals surface area contributed by atoms with E-state index in [1.165, 1.54) is 33.8 Å². The van der Waals surface area contributed by atoms with Crippen molar-refractivity contribution in [1.82, 2.24) is 0 Å². The fourth-order valence-corrected chi connectivity index (χ4v) is 3.25. The third-order valence-corrected chi connectivity index (χ3v) is 4.23. The number of aryl methyl sites for hydroxylation is 1. The van der Waals surface area contributed by atoms with Gasteiger partial charge < -0.3 is 4.90 Å². The van der Waals surface area contributed by atoms with Gasteiger partial charge in [0.2, 0.25) is 0 Å². The molecular weight excluding hydrogens is 244 g/mol. The zero-order valence-corrected chi connectivity index (χ0v) is 11.8. The number of benzene rings is 2. The molecule has 0 amide bonds. The molecule has 20 heavy (non-hydrogen) atoms. The Bertz CT molecular complexity index is 700. The van der Waals surface area contributed by atoms with Crippen LogP contribution < -0.4 is 4.90 Å². The molecule has 0 aromatic heterocycles. The normalized spacial score (nSPS) is 16.6. The predicted octanol–water partition coefficient (Wildman–Crippen LogP) is 3.56. The van der Waals surface area contributed by atoms with Crippen molar-refractivity contribution in [3.05, 3.63) is 64.7 Å². The van der Waals surface area contributed by atoms with Gasteiger partial charge in [0.1, 0.15) is 5.84 Å². The van der Waals surface area contributed by atoms with Crippen LogP contribution in [0.15, 0.2) is 47.5 Å². The fourth-order valence-electron chi connectivity index (χ4n) is 3.25. The summed E-state index contributed by atoms with van der Waals surface area (Å²) >= 11 is 0. The number of fused-ring (bicyclic) bond motifs is 5. The highest BCUT2D eigenvalue weighted by molar-refractivity contribution is 6.12. The van der Waals surface area contributed by atoms with Gasteiger partial charge in [0, 0.05) is 30.8 Å². The molecule has 0 N–H and O–H groups in total. The van der Waals surface area contributed by atoms with Crippen LogP contribution in [0.3, 0.4) is 0 Å². The average Bonchev–Trinajstić information content (AvgIpc) is 2.62. The Labute approximate surface area is 119 Å². The van der Waals surface area contributed by atoms with E-state index < -0.39 is 0 Å². The van der Waals surface area contributed by atoms with Crippen LogP contribution in [0.5, 0.6) is 0 Å². The zero-order valence-electron chi connectivity index (χ0n) is 11.8. The first-order chi connectivity index (χ1) is 9.83. The summed E-state index contributed by atoms with van der Waals surface area (Å²) in [5.41, 5.74) is 6.76. The van der Waals surface area contributed by atoms with Gasteiger partial charge >= 0.3 is 0 Å². The predicted molar refractivity (Wildman–Crippen MR) is 83.8 cm³/mol. The molecule has 2 heterocycles. The number of hydrogen-bond acceptors (Lipinski definition) is 2. The van der Waals surface area contributed by atoms with E-state index in [2.05, 4.69) is 54.3 Å². The van der Waals surface area contributed by atoms with Crippen LogP contribution >= 0.6 is 0 Å². The topological polar surface area (TPSA) is 15.6 Å². The number of rotatable bonds is 0. The molecule has 0 fully saturated rings. The molecule has 2 aromatic rings. The van der Waals surface area contributed by atoms with Crippen LogP contribution in [0, 0.1) is 6.92 Å². The van der Waals surface area contributed by atoms with Crippen molar-refractivity contribution in [2.75, 3.05) is 18.0 Å². The van der Waals surface area contributed by atoms with E-state index in [1.54, 1.807) is 0 Å². The van der Waals surface area contributed by atoms with Crippen molar-refractivity contribution in [2.24, 2.45) is 4.99 Å². The lowest BCUT2D eigenvalue weighted by Crippen LogP contribution is -2.36. The summed E-state index contributed by atoms with van der Waals surface area (Å²) in [6.07, 6.45) is 2.14. The highest BCUT2D eigenvalue weighted by Crippen LogP contribution is 2.32. The lowest BCUT2D eigenvalue weighted by Gasteiger charge is -2.29. The molecule has 2 aliphatic heterocycles. The van der Waals surface area contributed by atoms with Crippen LogP contribution in [0.4, 0.5) is 5.69 Å². The van der Waals surface area contributed by atoms with Gasteiger partial charge in [0.25, 0.3) is 0 Å². The summed E-state index contributed by atoms with van der Waals surface area (Å²) in [7, 11) is 0. The number of para-hydroxylation sites is 1. The number of aliphatic imine (C=N–C) groups is 1. The van der Waals surface area contributed by atoms with E-state index in [1.807, 2.05) is 0 Å². The van der Waals surface area contributed by atoms with Gasteiger partial charge in [-0.05, 0) is 36.6 Å². The Balaban J connectivity index is 1.99. The summed E-state index contributed by atoms with van der Waals surface area (Å²) in [4.78, 5) is 7.24. The minimum absolute atomic E-state index is 0.946. The van der Waals surface area contributed by atoms with E-state index in [9.17, 15) is 0 Å². The molecule has 0 spiro atoms. The van der Waals surface area contributed by atoms with Crippen molar-refractivity contribution in [1.29, 1.82) is 0 Å². The molecule has 0 saturated carbocycles. The molecule has 0 radical (unpaired) electrons. The number of hydrogen-bond donors (Lipinski definition) is 0. The van der Waals surface area contributed by atoms with Crippen LogP contribution in [0.25, 0.3) is 0 Å². The quantitative estimate of drug-likeness (QED) is 0.709. The van der Waals surface area contributed by atoms with Gasteiger partial charge in [-0.1, -0.05) is 35.9 Å². The van der Waals surface area contributed by atoms with Crippen LogP contribution in [0.2, 0.25) is 0 Å². The third kappa shape index (κ3) is 1.75. The molecule has 2 nitrogen and oxygen atoms in total. The Kier molecular flexibility index (Phi) is 2.62. The highest BCUT2D eigenvalue weighted by Gasteiger charge is 2.26. The maximum atomic E-state index is 4.84. The minimum atomic E-state index is 0.946. The molecule has 2 aromatic carbocycles. The molecule has 2 heteroatoms. The van der Waals surface area contributed by atoms with E-state index in [0.29, 0.717) is 0 Å². The molecular formula is C18H18N2. The van der Waals surface area contributed by atoms with Gasteiger partial charge in [0.05, 0.1) is 0 Å². The molecule has 2 aliphatic rings. The van der Waals surface area contributed by atoms with E-state index in [0.717, 1.165) is 25.9 Å². The van der Waals surface area contributed by atoms with E-state index in [-0.39, 0.29) is 0 Å². The van der Waals surface area contributed by atoms with E-state index >= 15 is 0 Å². The highest BCUT2D eigenvalue weighted by atomic mass is 15.2. The maximum Gasteiger partial charge on any atom is 0.135 e. The number of amidine groups is 1. The molecule has 0 aliphatic carbocycles. The van der Waals surface area contributed by atoms with Crippen molar-refractivity contribution in [2.45, 2.75) is 19.8 Å². The molecule has 100 valence electrons. The fraction of sp³-hybridized carbons (Fsp3) is 0.278. The van der Waals surface area contributed by atoms with Crippen molar-refractivity contribution < 1.29 is 0 Å². The van der Waals surface area contributed by atoms with Gasteiger partial charge in [-0.2, -0.15) is 0 Å². The second-order valence-electron chi connectivity index (χ2n) is 5.68. The Morgan fingerprint density at radius 3 is 2.90 bits per heavy atom. The first kappa shape index (κ1) is 11.7. The minimum Gasteiger partial charge on any atom is -0.326 e. The van der Waals surface area contributed by atoms with Crippen LogP contribution in [0.1, 0.15) is 28.7 Å². The lowest BCUT2D eigenvalue weighted by molar-refractivity contribution is 0.790. The van der Waals surface area contributed by atoms with Crippen LogP contribution in [-0.4, -0.2) is 18.9 Å². The van der Waals surface area contributed by atoms with Crippen LogP contribution in [-0.2, 0) is 6.42 Å². The van der Waals surface area contributed by atoms with Crippen molar-refractivity contribution in [3.8, 4) is 0 Å². The van der Waals surface area contributed by atoms with Crippen molar-refractivity contribution in [3.63, 3.8) is 0 Å². The third-order valence-electron chi connectivity index (χ3n) is 4.23. The summed E-state index contributed by atoms with van der Waals surface area (Å²) in [6.45, 7) is 4.18. The Hall–Kier alpha value is -2.09. The van der Waals surface area contributed by atoms with Gasteiger partial charge in [-0.3, -0.25) is 4.99 Å². The monoisotopic (exact) mass is 262 g/mol. The first-order valence-corrected chi connectivity index (χ1v) is 7.33. The zero-order chi connectivity index (χ0) is 13.5. The Morgan fingerprint density at radius 2 is 1.95 bits per heavy atom. The van der Waals surface area contributed by atoms with Gasteiger partial charge in [0.15, 0.2) is 0 Å². The average molecular weight is 262 g/mol. The molecule has 4 rings (SSSR count). The lowest BCUT2D eigenvalue weighted by atomic mass is 9.98. The molecule has 0 unspecified atom stereocenters. The Morgan fingerprint density at radius 1 is 1.05 bits per heavy atom. The number of anilines is 1. The first-order valence-electron chi connectivity index (χ1n) is 7.33. The smallest absolute Gasteiger partial charge is 0.135 e. The SMILES string of the molecule is Cc1ccc2c(c1)C1=NCCCN1c1ccccc1C2. The van der Waals surface area contributed by atoms with E-state index in [4.69, 9.17) is 4.99 Å². The summed E-state index contributed by atoms with van der Waals surface area (Å²) in [6, 6.07) is 15.5. The van der Waals surface area contributed by atoms with Gasteiger partial charge in [-0.15, -0.1) is 0 Å². The summed E-state index contributed by atoms with van der Waals surface area (Å²) in [5.74, 6) is 1.17. The summed E-state index contributed by atoms with van der Waals surface area (Å²) in [5, 5.41) is 0. The number of nitrogens with zero attached hydrogens (tertiary/aromatic N) is 2.